The number of carbonyl (C=O) groups excluding carboxylic acids is 1. The van der Waals surface area contributed by atoms with Crippen molar-refractivity contribution in [2.45, 2.75) is 26.7 Å². The molecule has 0 aliphatic rings. The number of rotatable bonds is 4. The van der Waals surface area contributed by atoms with Gasteiger partial charge in [0, 0.05) is 11.1 Å². The molecule has 0 fully saturated rings. The summed E-state index contributed by atoms with van der Waals surface area (Å²) in [6, 6.07) is 8.35. The highest BCUT2D eigenvalue weighted by Gasteiger charge is 2.23. The lowest BCUT2D eigenvalue weighted by Crippen LogP contribution is -2.14. The van der Waals surface area contributed by atoms with Gasteiger partial charge in [-0.15, -0.1) is 0 Å². The van der Waals surface area contributed by atoms with E-state index < -0.39 is 5.97 Å². The van der Waals surface area contributed by atoms with Gasteiger partial charge in [-0.3, -0.25) is 4.79 Å². The maximum atomic E-state index is 12.3. The van der Waals surface area contributed by atoms with E-state index in [0.29, 0.717) is 21.7 Å². The molecule has 0 radical (unpaired) electrons. The summed E-state index contributed by atoms with van der Waals surface area (Å²) in [6.07, 6.45) is 0. The molecule has 3 rings (SSSR count). The van der Waals surface area contributed by atoms with Crippen molar-refractivity contribution in [3.63, 3.8) is 0 Å². The van der Waals surface area contributed by atoms with Crippen molar-refractivity contribution >= 4 is 28.6 Å². The highest BCUT2D eigenvalue weighted by Crippen LogP contribution is 2.28. The zero-order chi connectivity index (χ0) is 18.1. The standard InChI is InChI=1S/C18H18ClN3O3/c1-4-25-18(24)13-9-14(23)20-17-15(13)16(10(2)3)21-22(17)12-7-5-11(19)6-8-12/h5-10H,4H2,1-3H3,(H,20,23). The number of aromatic nitrogens is 3. The second kappa shape index (κ2) is 6.72. The molecule has 1 N–H and O–H groups in total. The van der Waals surface area contributed by atoms with Crippen molar-refractivity contribution in [1.29, 1.82) is 0 Å². The number of hydrogen-bond donors (Lipinski definition) is 1. The Morgan fingerprint density at radius 1 is 1.32 bits per heavy atom. The number of H-pyrrole nitrogens is 1. The van der Waals surface area contributed by atoms with E-state index >= 15 is 0 Å². The molecule has 3 aromatic rings. The zero-order valence-corrected chi connectivity index (χ0v) is 14.9. The first kappa shape index (κ1) is 17.2. The lowest BCUT2D eigenvalue weighted by atomic mass is 10.0. The SMILES string of the molecule is CCOC(=O)c1cc(=O)[nH]c2c1c(C(C)C)nn2-c1ccc(Cl)cc1. The predicted octanol–water partition coefficient (Wildman–Crippen LogP) is 3.67. The van der Waals surface area contributed by atoms with Crippen LogP contribution in [0.3, 0.4) is 0 Å². The van der Waals surface area contributed by atoms with E-state index in [1.54, 1.807) is 35.9 Å². The van der Waals surface area contributed by atoms with Crippen molar-refractivity contribution in [2.75, 3.05) is 6.61 Å². The number of carbonyl (C=O) groups is 1. The Balaban J connectivity index is 2.35. The van der Waals surface area contributed by atoms with Crippen LogP contribution in [-0.4, -0.2) is 27.3 Å². The van der Waals surface area contributed by atoms with Gasteiger partial charge in [0.1, 0.15) is 5.65 Å². The Kier molecular flexibility index (Phi) is 4.63. The average Bonchev–Trinajstić information content (AvgIpc) is 2.94. The summed E-state index contributed by atoms with van der Waals surface area (Å²) in [5.74, 6) is -0.480. The molecule has 0 unspecified atom stereocenters. The van der Waals surface area contributed by atoms with Crippen LogP contribution in [0.2, 0.25) is 5.02 Å². The van der Waals surface area contributed by atoms with Gasteiger partial charge in [0.15, 0.2) is 0 Å². The van der Waals surface area contributed by atoms with Gasteiger partial charge in [-0.2, -0.15) is 5.10 Å². The Morgan fingerprint density at radius 3 is 2.60 bits per heavy atom. The van der Waals surface area contributed by atoms with E-state index in [0.717, 1.165) is 5.69 Å². The van der Waals surface area contributed by atoms with E-state index in [1.807, 2.05) is 13.8 Å². The first-order valence-corrected chi connectivity index (χ1v) is 8.39. The lowest BCUT2D eigenvalue weighted by Gasteiger charge is -2.06. The molecule has 130 valence electrons. The van der Waals surface area contributed by atoms with Crippen LogP contribution in [0.4, 0.5) is 0 Å². The molecule has 0 amide bonds. The number of fused-ring (bicyclic) bond motifs is 1. The zero-order valence-electron chi connectivity index (χ0n) is 14.2. The van der Waals surface area contributed by atoms with E-state index in [9.17, 15) is 9.59 Å². The van der Waals surface area contributed by atoms with Crippen molar-refractivity contribution in [3.8, 4) is 5.69 Å². The molecule has 0 spiro atoms. The van der Waals surface area contributed by atoms with E-state index in [1.165, 1.54) is 6.07 Å². The van der Waals surface area contributed by atoms with Crippen LogP contribution in [0.15, 0.2) is 35.1 Å². The van der Waals surface area contributed by atoms with Crippen molar-refractivity contribution in [1.82, 2.24) is 14.8 Å². The molecule has 1 aromatic carbocycles. The fourth-order valence-corrected chi connectivity index (χ4v) is 2.84. The number of halogens is 1. The largest absolute Gasteiger partial charge is 0.462 e. The molecule has 7 heteroatoms. The molecule has 2 heterocycles. The molecule has 0 saturated carbocycles. The van der Waals surface area contributed by atoms with Gasteiger partial charge in [-0.1, -0.05) is 25.4 Å². The second-order valence-corrected chi connectivity index (χ2v) is 6.36. The minimum Gasteiger partial charge on any atom is -0.462 e. The Morgan fingerprint density at radius 2 is 2.00 bits per heavy atom. The summed E-state index contributed by atoms with van der Waals surface area (Å²) in [5, 5.41) is 5.83. The maximum absolute atomic E-state index is 12.3. The van der Waals surface area contributed by atoms with Crippen LogP contribution in [0, 0.1) is 0 Å². The summed E-state index contributed by atoms with van der Waals surface area (Å²) < 4.78 is 6.73. The van der Waals surface area contributed by atoms with Crippen molar-refractivity contribution < 1.29 is 9.53 Å². The number of hydrogen-bond acceptors (Lipinski definition) is 4. The minimum atomic E-state index is -0.531. The smallest absolute Gasteiger partial charge is 0.339 e. The van der Waals surface area contributed by atoms with Crippen molar-refractivity contribution in [3.05, 3.63) is 57.0 Å². The van der Waals surface area contributed by atoms with Gasteiger partial charge in [0.05, 0.1) is 28.9 Å². The fraction of sp³-hybridized carbons (Fsp3) is 0.278. The number of esters is 1. The topological polar surface area (TPSA) is 77.0 Å². The molecular weight excluding hydrogens is 342 g/mol. The second-order valence-electron chi connectivity index (χ2n) is 5.92. The van der Waals surface area contributed by atoms with Crippen molar-refractivity contribution in [2.24, 2.45) is 0 Å². The van der Waals surface area contributed by atoms with Crippen LogP contribution in [0.5, 0.6) is 0 Å². The number of aromatic amines is 1. The van der Waals surface area contributed by atoms with Gasteiger partial charge >= 0.3 is 5.97 Å². The molecular formula is C18H18ClN3O3. The molecule has 6 nitrogen and oxygen atoms in total. The monoisotopic (exact) mass is 359 g/mol. The van der Waals surface area contributed by atoms with Crippen LogP contribution < -0.4 is 5.56 Å². The number of nitrogens with one attached hydrogen (secondary N) is 1. The average molecular weight is 360 g/mol. The van der Waals surface area contributed by atoms with Crippen LogP contribution >= 0.6 is 11.6 Å². The minimum absolute atomic E-state index is 0.0510. The van der Waals surface area contributed by atoms with Crippen LogP contribution in [0.25, 0.3) is 16.7 Å². The highest BCUT2D eigenvalue weighted by atomic mass is 35.5. The third kappa shape index (κ3) is 3.17. The third-order valence-corrected chi connectivity index (χ3v) is 4.06. The lowest BCUT2D eigenvalue weighted by molar-refractivity contribution is 0.0528. The number of benzene rings is 1. The summed E-state index contributed by atoms with van der Waals surface area (Å²) in [4.78, 5) is 27.2. The summed E-state index contributed by atoms with van der Waals surface area (Å²) >= 11 is 5.95. The number of ether oxygens (including phenoxy) is 1. The first-order chi connectivity index (χ1) is 11.9. The van der Waals surface area contributed by atoms with Gasteiger partial charge in [-0.25, -0.2) is 9.48 Å². The molecule has 0 bridgehead atoms. The van der Waals surface area contributed by atoms with Gasteiger partial charge in [-0.05, 0) is 37.1 Å². The number of pyridine rings is 1. The van der Waals surface area contributed by atoms with Gasteiger partial charge in [0.25, 0.3) is 0 Å². The molecule has 0 saturated heterocycles. The third-order valence-electron chi connectivity index (χ3n) is 3.81. The first-order valence-electron chi connectivity index (χ1n) is 8.01. The highest BCUT2D eigenvalue weighted by molar-refractivity contribution is 6.30. The van der Waals surface area contributed by atoms with Crippen LogP contribution in [-0.2, 0) is 4.74 Å². The van der Waals surface area contributed by atoms with E-state index in [-0.39, 0.29) is 23.6 Å². The van der Waals surface area contributed by atoms with E-state index in [2.05, 4.69) is 10.1 Å². The molecule has 2 aromatic heterocycles. The summed E-state index contributed by atoms with van der Waals surface area (Å²) in [6.45, 7) is 5.92. The predicted molar refractivity (Wildman–Crippen MR) is 96.7 cm³/mol. The molecule has 0 aliphatic heterocycles. The van der Waals surface area contributed by atoms with Crippen LogP contribution in [0.1, 0.15) is 42.7 Å². The van der Waals surface area contributed by atoms with E-state index in [4.69, 9.17) is 16.3 Å². The quantitative estimate of drug-likeness (QED) is 0.721. The Labute approximate surface area is 149 Å². The molecule has 25 heavy (non-hydrogen) atoms. The number of nitrogens with zero attached hydrogens (tertiary/aromatic N) is 2. The molecule has 0 aliphatic carbocycles. The summed E-state index contributed by atoms with van der Waals surface area (Å²) in [7, 11) is 0. The molecule has 0 atom stereocenters. The maximum Gasteiger partial charge on any atom is 0.339 e. The Hall–Kier alpha value is -2.60. The normalized spacial score (nSPS) is 11.2. The van der Waals surface area contributed by atoms with Gasteiger partial charge in [0.2, 0.25) is 5.56 Å². The van der Waals surface area contributed by atoms with Gasteiger partial charge < -0.3 is 9.72 Å². The fourth-order valence-electron chi connectivity index (χ4n) is 2.72. The summed E-state index contributed by atoms with van der Waals surface area (Å²) in [5.41, 5.74) is 1.74. The Bertz CT molecular complexity index is 987.